The van der Waals surface area contributed by atoms with Crippen LogP contribution in [0.4, 0.5) is 15.0 Å². The van der Waals surface area contributed by atoms with Crippen LogP contribution in [0.2, 0.25) is 0 Å². The highest BCUT2D eigenvalue weighted by Gasteiger charge is 2.26. The number of fused-ring (bicyclic) bond motifs is 1. The van der Waals surface area contributed by atoms with E-state index in [4.69, 9.17) is 14.5 Å². The largest absolute Gasteiger partial charge is 0.507 e. The van der Waals surface area contributed by atoms with Gasteiger partial charge in [0.1, 0.15) is 24.3 Å². The van der Waals surface area contributed by atoms with Crippen LogP contribution in [0, 0.1) is 0 Å². The molecule has 2 aromatic rings. The van der Waals surface area contributed by atoms with Crippen LogP contribution in [0.15, 0.2) is 24.3 Å². The van der Waals surface area contributed by atoms with Crippen LogP contribution in [-0.2, 0) is 9.47 Å². The fraction of sp³-hybridized carbons (Fsp3) is 0.480. The number of phenols is 1. The SMILES string of the molecule is O=C(OCC1CCCCO1)N1CCN(c2nc(-c3ccccc3O)nc3c2=CC(F)CC=3)CC1. The highest BCUT2D eigenvalue weighted by atomic mass is 19.1. The highest BCUT2D eigenvalue weighted by molar-refractivity contribution is 5.69. The Morgan fingerprint density at radius 2 is 2.00 bits per heavy atom. The van der Waals surface area contributed by atoms with Gasteiger partial charge in [-0.2, -0.15) is 0 Å². The minimum Gasteiger partial charge on any atom is -0.507 e. The maximum absolute atomic E-state index is 14.2. The van der Waals surface area contributed by atoms with Gasteiger partial charge in [0.15, 0.2) is 5.82 Å². The molecule has 3 heterocycles. The first-order chi connectivity index (χ1) is 16.6. The van der Waals surface area contributed by atoms with Crippen LogP contribution in [0.1, 0.15) is 25.7 Å². The van der Waals surface area contributed by atoms with Gasteiger partial charge >= 0.3 is 6.09 Å². The van der Waals surface area contributed by atoms with Crippen molar-refractivity contribution >= 4 is 24.1 Å². The second-order valence-electron chi connectivity index (χ2n) is 8.85. The molecular weight excluding hydrogens is 439 g/mol. The molecule has 5 rings (SSSR count). The zero-order valence-corrected chi connectivity index (χ0v) is 19.0. The number of anilines is 1. The number of nitrogens with zero attached hydrogens (tertiary/aromatic N) is 4. The number of benzene rings is 1. The summed E-state index contributed by atoms with van der Waals surface area (Å²) in [6.07, 6.45) is 5.22. The van der Waals surface area contributed by atoms with Crippen molar-refractivity contribution in [3.8, 4) is 17.1 Å². The lowest BCUT2D eigenvalue weighted by molar-refractivity contribution is -0.0281. The van der Waals surface area contributed by atoms with Crippen molar-refractivity contribution in [3.05, 3.63) is 34.8 Å². The molecule has 2 saturated heterocycles. The number of hydrogen-bond donors (Lipinski definition) is 1. The third-order valence-corrected chi connectivity index (χ3v) is 6.49. The van der Waals surface area contributed by atoms with Gasteiger partial charge in [0.2, 0.25) is 0 Å². The van der Waals surface area contributed by atoms with Gasteiger partial charge in [-0.05, 0) is 37.5 Å². The van der Waals surface area contributed by atoms with Crippen LogP contribution in [0.5, 0.6) is 5.75 Å². The number of ether oxygens (including phenoxy) is 2. The predicted molar refractivity (Wildman–Crippen MR) is 126 cm³/mol. The molecular formula is C25H29FN4O4. The average molecular weight is 469 g/mol. The van der Waals surface area contributed by atoms with Crippen molar-refractivity contribution in [2.45, 2.75) is 38.0 Å². The smallest absolute Gasteiger partial charge is 0.409 e. The van der Waals surface area contributed by atoms with Crippen LogP contribution in [0.25, 0.3) is 23.5 Å². The monoisotopic (exact) mass is 468 g/mol. The molecule has 180 valence electrons. The highest BCUT2D eigenvalue weighted by Crippen LogP contribution is 2.26. The van der Waals surface area contributed by atoms with Gasteiger partial charge in [-0.3, -0.25) is 0 Å². The molecule has 1 amide bonds. The summed E-state index contributed by atoms with van der Waals surface area (Å²) >= 11 is 0. The molecule has 2 atom stereocenters. The van der Waals surface area contributed by atoms with Crippen molar-refractivity contribution < 1.29 is 23.8 Å². The number of carbonyl (C=O) groups is 1. The van der Waals surface area contributed by atoms with Crippen molar-refractivity contribution in [1.82, 2.24) is 14.9 Å². The van der Waals surface area contributed by atoms with Gasteiger partial charge in [0.25, 0.3) is 0 Å². The summed E-state index contributed by atoms with van der Waals surface area (Å²) < 4.78 is 25.3. The predicted octanol–water partition coefficient (Wildman–Crippen LogP) is 1.98. The second-order valence-corrected chi connectivity index (χ2v) is 8.85. The van der Waals surface area contributed by atoms with E-state index in [9.17, 15) is 14.3 Å². The number of halogens is 1. The third kappa shape index (κ3) is 4.84. The minimum atomic E-state index is -1.09. The van der Waals surface area contributed by atoms with Gasteiger partial charge in [0, 0.05) is 44.4 Å². The van der Waals surface area contributed by atoms with E-state index in [-0.39, 0.29) is 31.0 Å². The lowest BCUT2D eigenvalue weighted by atomic mass is 10.1. The quantitative estimate of drug-likeness (QED) is 0.734. The van der Waals surface area contributed by atoms with E-state index in [2.05, 4.69) is 4.98 Å². The van der Waals surface area contributed by atoms with E-state index in [1.54, 1.807) is 35.3 Å². The minimum absolute atomic E-state index is 0.0141. The Bertz CT molecular complexity index is 1160. The molecule has 1 aliphatic carbocycles. The van der Waals surface area contributed by atoms with Crippen LogP contribution >= 0.6 is 0 Å². The zero-order chi connectivity index (χ0) is 23.5. The molecule has 3 aliphatic rings. The number of phenolic OH excluding ortho intramolecular Hbond substituents is 1. The number of alkyl halides is 1. The van der Waals surface area contributed by atoms with Crippen molar-refractivity contribution in [2.24, 2.45) is 0 Å². The summed E-state index contributed by atoms with van der Waals surface area (Å²) in [6, 6.07) is 6.90. The Kier molecular flexibility index (Phi) is 6.62. The summed E-state index contributed by atoms with van der Waals surface area (Å²) in [5.74, 6) is 1.10. The maximum Gasteiger partial charge on any atom is 0.409 e. The summed E-state index contributed by atoms with van der Waals surface area (Å²) in [7, 11) is 0. The molecule has 1 N–H and O–H groups in total. The first-order valence-corrected chi connectivity index (χ1v) is 11.9. The van der Waals surface area contributed by atoms with Gasteiger partial charge in [-0.1, -0.05) is 18.2 Å². The van der Waals surface area contributed by atoms with E-state index in [0.717, 1.165) is 25.9 Å². The van der Waals surface area contributed by atoms with E-state index < -0.39 is 6.17 Å². The number of aromatic nitrogens is 2. The maximum atomic E-state index is 14.2. The number of hydrogen-bond acceptors (Lipinski definition) is 7. The van der Waals surface area contributed by atoms with Crippen molar-refractivity contribution in [1.29, 1.82) is 0 Å². The molecule has 1 aromatic carbocycles. The molecule has 2 unspecified atom stereocenters. The van der Waals surface area contributed by atoms with Gasteiger partial charge < -0.3 is 24.4 Å². The number of para-hydroxylation sites is 1. The summed E-state index contributed by atoms with van der Waals surface area (Å²) in [5, 5.41) is 11.6. The number of aromatic hydroxyl groups is 1. The molecule has 0 bridgehead atoms. The molecule has 1 aromatic heterocycles. The number of amides is 1. The Balaban J connectivity index is 1.33. The number of piperazine rings is 1. The van der Waals surface area contributed by atoms with Crippen LogP contribution in [-0.4, -0.2) is 77.7 Å². The second kappa shape index (κ2) is 9.97. The molecule has 2 aliphatic heterocycles. The normalized spacial score (nSPS) is 22.4. The van der Waals surface area contributed by atoms with Crippen LogP contribution < -0.4 is 15.5 Å². The summed E-state index contributed by atoms with van der Waals surface area (Å²) in [5.41, 5.74) is 0.523. The van der Waals surface area contributed by atoms with Crippen molar-refractivity contribution in [2.75, 3.05) is 44.3 Å². The van der Waals surface area contributed by atoms with E-state index in [1.807, 2.05) is 11.0 Å². The fourth-order valence-electron chi connectivity index (χ4n) is 4.58. The Hall–Kier alpha value is -3.20. The topological polar surface area (TPSA) is 88.0 Å². The molecule has 2 fully saturated rings. The fourth-order valence-corrected chi connectivity index (χ4v) is 4.58. The molecule has 8 nitrogen and oxygen atoms in total. The van der Waals surface area contributed by atoms with E-state index in [0.29, 0.717) is 54.0 Å². The van der Waals surface area contributed by atoms with E-state index >= 15 is 0 Å². The Morgan fingerprint density at radius 3 is 2.76 bits per heavy atom. The molecule has 0 radical (unpaired) electrons. The molecule has 0 saturated carbocycles. The number of rotatable bonds is 4. The lowest BCUT2D eigenvalue weighted by Gasteiger charge is -2.35. The summed E-state index contributed by atoms with van der Waals surface area (Å²) in [6.45, 7) is 3.01. The molecule has 34 heavy (non-hydrogen) atoms. The van der Waals surface area contributed by atoms with Gasteiger partial charge in [-0.15, -0.1) is 0 Å². The standard InChI is InChI=1S/C25H29FN4O4/c26-17-8-9-21-20(15-17)24(28-23(27-21)19-6-1-2-7-22(19)31)29-10-12-30(13-11-29)25(32)34-16-18-5-3-4-14-33-18/h1-2,6-7,9,15,17-18,31H,3-5,8,10-14,16H2. The van der Waals surface area contributed by atoms with Crippen molar-refractivity contribution in [3.63, 3.8) is 0 Å². The lowest BCUT2D eigenvalue weighted by Crippen LogP contribution is -2.52. The van der Waals surface area contributed by atoms with E-state index in [1.165, 1.54) is 0 Å². The van der Waals surface area contributed by atoms with Crippen LogP contribution in [0.3, 0.4) is 0 Å². The Labute approximate surface area is 197 Å². The number of carbonyl (C=O) groups excluding carboxylic acids is 1. The molecule has 0 spiro atoms. The molecule has 9 heteroatoms. The Morgan fingerprint density at radius 1 is 1.18 bits per heavy atom. The first-order valence-electron chi connectivity index (χ1n) is 11.9. The first kappa shape index (κ1) is 22.6. The third-order valence-electron chi connectivity index (χ3n) is 6.49. The average Bonchev–Trinajstić information content (AvgIpc) is 2.88. The van der Waals surface area contributed by atoms with Gasteiger partial charge in [-0.25, -0.2) is 19.2 Å². The van der Waals surface area contributed by atoms with Gasteiger partial charge in [0.05, 0.1) is 17.0 Å². The zero-order valence-electron chi connectivity index (χ0n) is 19.0. The summed E-state index contributed by atoms with van der Waals surface area (Å²) in [4.78, 5) is 25.6.